The Balaban J connectivity index is 1.47. The molecule has 2 atom stereocenters. The fraction of sp³-hybridized carbons (Fsp3) is 0.391. The summed E-state index contributed by atoms with van der Waals surface area (Å²) in [6.45, 7) is 5.74. The number of carbonyl (C=O) groups is 2. The Kier molecular flexibility index (Phi) is 5.39. The number of Topliss-reactive ketones (excluding diaryl/α,β-unsaturated/α-hetero) is 1. The summed E-state index contributed by atoms with van der Waals surface area (Å²) >= 11 is 0. The Labute approximate surface area is 182 Å². The number of nitrogens with zero attached hydrogens (tertiary/aromatic N) is 1. The van der Waals surface area contributed by atoms with Crippen LogP contribution in [0.5, 0.6) is 5.75 Å². The molecule has 164 valence electrons. The summed E-state index contributed by atoms with van der Waals surface area (Å²) in [6.07, 6.45) is 0.728. The van der Waals surface area contributed by atoms with Crippen molar-refractivity contribution in [2.75, 3.05) is 13.1 Å². The Morgan fingerprint density at radius 3 is 2.71 bits per heavy atom. The number of likely N-dealkylation sites (tertiary alicyclic amines) is 1. The van der Waals surface area contributed by atoms with E-state index in [0.29, 0.717) is 29.8 Å². The fourth-order valence-corrected chi connectivity index (χ4v) is 5.85. The molecule has 0 saturated carbocycles. The highest BCUT2D eigenvalue weighted by Crippen LogP contribution is 2.38. The van der Waals surface area contributed by atoms with Crippen molar-refractivity contribution in [3.63, 3.8) is 0 Å². The SMILES string of the molecule is Cc1ccc(C)c(S(=O)(=O)NC(C)C(=O)N2CCC3(CC(=O)c4ccccc4O3)C2)c1. The minimum atomic E-state index is -3.85. The summed E-state index contributed by atoms with van der Waals surface area (Å²) in [5, 5.41) is 0. The third-order valence-electron chi connectivity index (χ3n) is 5.96. The van der Waals surface area contributed by atoms with Gasteiger partial charge in [0.05, 0.1) is 29.5 Å². The molecule has 0 radical (unpaired) electrons. The molecule has 2 unspecified atom stereocenters. The highest BCUT2D eigenvalue weighted by Gasteiger charge is 2.47. The van der Waals surface area contributed by atoms with Crippen LogP contribution in [0.2, 0.25) is 0 Å². The normalized spacial score (nSPS) is 21.6. The van der Waals surface area contributed by atoms with Crippen LogP contribution >= 0.6 is 0 Å². The molecule has 0 aliphatic carbocycles. The van der Waals surface area contributed by atoms with Crippen LogP contribution in [0.25, 0.3) is 0 Å². The number of amides is 1. The summed E-state index contributed by atoms with van der Waals surface area (Å²) in [5.41, 5.74) is 1.25. The van der Waals surface area contributed by atoms with Gasteiger partial charge in [-0.25, -0.2) is 8.42 Å². The molecule has 8 heteroatoms. The molecule has 7 nitrogen and oxygen atoms in total. The largest absolute Gasteiger partial charge is 0.484 e. The van der Waals surface area contributed by atoms with Gasteiger partial charge in [0.1, 0.15) is 11.4 Å². The van der Waals surface area contributed by atoms with Gasteiger partial charge >= 0.3 is 0 Å². The predicted molar refractivity (Wildman–Crippen MR) is 116 cm³/mol. The highest BCUT2D eigenvalue weighted by atomic mass is 32.2. The number of nitrogens with one attached hydrogen (secondary N) is 1. The molecule has 1 amide bonds. The van der Waals surface area contributed by atoms with Gasteiger partial charge in [0.2, 0.25) is 15.9 Å². The molecule has 1 N–H and O–H groups in total. The van der Waals surface area contributed by atoms with Crippen molar-refractivity contribution in [3.8, 4) is 5.75 Å². The van der Waals surface area contributed by atoms with Crippen LogP contribution in [0.1, 0.15) is 41.3 Å². The molecule has 1 fully saturated rings. The van der Waals surface area contributed by atoms with Crippen molar-refractivity contribution >= 4 is 21.7 Å². The lowest BCUT2D eigenvalue weighted by molar-refractivity contribution is -0.132. The molecule has 2 aliphatic rings. The number of carbonyl (C=O) groups excluding carboxylic acids is 2. The molecule has 0 bridgehead atoms. The van der Waals surface area contributed by atoms with E-state index in [2.05, 4.69) is 4.72 Å². The van der Waals surface area contributed by atoms with Crippen LogP contribution in [0.3, 0.4) is 0 Å². The van der Waals surface area contributed by atoms with E-state index in [1.165, 1.54) is 6.92 Å². The third kappa shape index (κ3) is 4.09. The molecule has 1 spiro atoms. The van der Waals surface area contributed by atoms with Gasteiger partial charge in [0, 0.05) is 13.0 Å². The highest BCUT2D eigenvalue weighted by molar-refractivity contribution is 7.89. The average molecular weight is 443 g/mol. The van der Waals surface area contributed by atoms with Crippen LogP contribution < -0.4 is 9.46 Å². The molecular formula is C23H26N2O5S. The van der Waals surface area contributed by atoms with Gasteiger partial charge in [-0.3, -0.25) is 9.59 Å². The van der Waals surface area contributed by atoms with Crippen molar-refractivity contribution < 1.29 is 22.7 Å². The lowest BCUT2D eigenvalue weighted by atomic mass is 9.89. The van der Waals surface area contributed by atoms with Gasteiger partial charge < -0.3 is 9.64 Å². The van der Waals surface area contributed by atoms with E-state index in [9.17, 15) is 18.0 Å². The van der Waals surface area contributed by atoms with Crippen LogP contribution in [-0.4, -0.2) is 49.7 Å². The molecule has 2 heterocycles. The van der Waals surface area contributed by atoms with Gasteiger partial charge in [0.15, 0.2) is 5.78 Å². The maximum absolute atomic E-state index is 13.0. The molecule has 2 aromatic rings. The number of ether oxygens (including phenoxy) is 1. The molecule has 2 aliphatic heterocycles. The summed E-state index contributed by atoms with van der Waals surface area (Å²) in [5.74, 6) is 0.206. The first-order chi connectivity index (χ1) is 14.6. The number of ketones is 1. The monoisotopic (exact) mass is 442 g/mol. The Morgan fingerprint density at radius 1 is 1.19 bits per heavy atom. The quantitative estimate of drug-likeness (QED) is 0.786. The second-order valence-corrected chi connectivity index (χ2v) is 10.2. The zero-order valence-electron chi connectivity index (χ0n) is 17.8. The first-order valence-corrected chi connectivity index (χ1v) is 11.8. The molecular weight excluding hydrogens is 416 g/mol. The predicted octanol–water partition coefficient (Wildman–Crippen LogP) is 2.61. The maximum Gasteiger partial charge on any atom is 0.241 e. The van der Waals surface area contributed by atoms with Crippen LogP contribution in [-0.2, 0) is 14.8 Å². The van der Waals surface area contributed by atoms with Crippen molar-refractivity contribution in [1.29, 1.82) is 0 Å². The summed E-state index contributed by atoms with van der Waals surface area (Å²) in [7, 11) is -3.85. The summed E-state index contributed by atoms with van der Waals surface area (Å²) in [4.78, 5) is 27.4. The first kappa shape index (κ1) is 21.5. The van der Waals surface area contributed by atoms with Crippen molar-refractivity contribution in [3.05, 3.63) is 59.2 Å². The van der Waals surface area contributed by atoms with Gasteiger partial charge in [-0.1, -0.05) is 24.3 Å². The summed E-state index contributed by atoms with van der Waals surface area (Å²) in [6, 6.07) is 11.4. The number of fused-ring (bicyclic) bond motifs is 1. The molecule has 31 heavy (non-hydrogen) atoms. The van der Waals surface area contributed by atoms with Crippen molar-refractivity contribution in [1.82, 2.24) is 9.62 Å². The van der Waals surface area contributed by atoms with E-state index < -0.39 is 21.7 Å². The molecule has 1 saturated heterocycles. The zero-order chi connectivity index (χ0) is 22.4. The van der Waals surface area contributed by atoms with Crippen molar-refractivity contribution in [2.24, 2.45) is 0 Å². The van der Waals surface area contributed by atoms with Crippen LogP contribution in [0.15, 0.2) is 47.4 Å². The Hall–Kier alpha value is -2.71. The molecule has 0 aromatic heterocycles. The number of benzene rings is 2. The van der Waals surface area contributed by atoms with E-state index in [0.717, 1.165) is 5.56 Å². The van der Waals surface area contributed by atoms with Gasteiger partial charge in [-0.05, 0) is 50.1 Å². The van der Waals surface area contributed by atoms with Gasteiger partial charge in [-0.2, -0.15) is 4.72 Å². The van der Waals surface area contributed by atoms with Gasteiger partial charge in [0.25, 0.3) is 0 Å². The first-order valence-electron chi connectivity index (χ1n) is 10.3. The van der Waals surface area contributed by atoms with E-state index in [1.54, 1.807) is 42.2 Å². The number of hydrogen-bond donors (Lipinski definition) is 1. The lowest BCUT2D eigenvalue weighted by Gasteiger charge is -2.34. The van der Waals surface area contributed by atoms with Crippen LogP contribution in [0, 0.1) is 13.8 Å². The second kappa shape index (κ2) is 7.76. The topological polar surface area (TPSA) is 92.8 Å². The summed E-state index contributed by atoms with van der Waals surface area (Å²) < 4.78 is 34.4. The van der Waals surface area contributed by atoms with E-state index in [1.807, 2.05) is 19.1 Å². The zero-order valence-corrected chi connectivity index (χ0v) is 18.7. The molecule has 4 rings (SSSR count). The number of aryl methyl sites for hydroxylation is 2. The Bertz CT molecular complexity index is 1160. The number of para-hydroxylation sites is 1. The fourth-order valence-electron chi connectivity index (χ4n) is 4.32. The third-order valence-corrected chi connectivity index (χ3v) is 7.64. The number of rotatable bonds is 4. The van der Waals surface area contributed by atoms with E-state index in [4.69, 9.17) is 4.74 Å². The van der Waals surface area contributed by atoms with E-state index in [-0.39, 0.29) is 29.6 Å². The minimum absolute atomic E-state index is 0.000164. The minimum Gasteiger partial charge on any atom is -0.484 e. The Morgan fingerprint density at radius 2 is 1.94 bits per heavy atom. The smallest absolute Gasteiger partial charge is 0.241 e. The maximum atomic E-state index is 13.0. The molecule has 2 aromatic carbocycles. The van der Waals surface area contributed by atoms with Crippen molar-refractivity contribution in [2.45, 2.75) is 50.2 Å². The lowest BCUT2D eigenvalue weighted by Crippen LogP contribution is -2.49. The van der Waals surface area contributed by atoms with Gasteiger partial charge in [-0.15, -0.1) is 0 Å². The second-order valence-electron chi connectivity index (χ2n) is 8.50. The number of sulfonamides is 1. The number of hydrogen-bond acceptors (Lipinski definition) is 5. The average Bonchev–Trinajstić information content (AvgIpc) is 3.11. The standard InChI is InChI=1S/C23H26N2O5S/c1-15-8-9-16(2)21(12-15)31(28,29)24-17(3)22(27)25-11-10-23(14-25)13-19(26)18-6-4-5-7-20(18)30-23/h4-9,12,17,24H,10-11,13-14H2,1-3H3. The van der Waals surface area contributed by atoms with Crippen LogP contribution in [0.4, 0.5) is 0 Å². The van der Waals surface area contributed by atoms with E-state index >= 15 is 0 Å².